The fourth-order valence-corrected chi connectivity index (χ4v) is 2.75. The molecule has 0 saturated carbocycles. The molecule has 1 N–H and O–H groups in total. The van der Waals surface area contributed by atoms with E-state index in [9.17, 15) is 4.79 Å². The Morgan fingerprint density at radius 2 is 1.85 bits per heavy atom. The quantitative estimate of drug-likeness (QED) is 0.919. The van der Waals surface area contributed by atoms with Crippen LogP contribution in [0.3, 0.4) is 0 Å². The minimum atomic E-state index is -0.242. The van der Waals surface area contributed by atoms with Gasteiger partial charge in [-0.15, -0.1) is 0 Å². The van der Waals surface area contributed by atoms with Crippen molar-refractivity contribution in [2.75, 3.05) is 18.4 Å². The number of hydrogen-bond donors (Lipinski definition) is 1. The number of ether oxygens (including phenoxy) is 1. The van der Waals surface area contributed by atoms with E-state index in [1.54, 1.807) is 0 Å². The number of nitrogens with one attached hydrogen (secondary N) is 1. The molecule has 1 fully saturated rings. The number of rotatable bonds is 3. The largest absolute Gasteiger partial charge is 0.374 e. The zero-order valence-electron chi connectivity index (χ0n) is 12.1. The van der Waals surface area contributed by atoms with Gasteiger partial charge < -0.3 is 15.0 Å². The third-order valence-corrected chi connectivity index (χ3v) is 3.86. The van der Waals surface area contributed by atoms with Crippen molar-refractivity contribution in [2.45, 2.75) is 39.0 Å². The van der Waals surface area contributed by atoms with Crippen molar-refractivity contribution in [1.29, 1.82) is 0 Å². The van der Waals surface area contributed by atoms with Gasteiger partial charge in [-0.3, -0.25) is 4.79 Å². The van der Waals surface area contributed by atoms with E-state index in [-0.39, 0.29) is 24.2 Å². The van der Waals surface area contributed by atoms with Gasteiger partial charge >= 0.3 is 0 Å². The number of amides is 1. The molecule has 1 amide bonds. The van der Waals surface area contributed by atoms with E-state index in [2.05, 4.69) is 21.2 Å². The lowest BCUT2D eigenvalue weighted by atomic mass is 10.2. The average molecular weight is 341 g/mol. The molecule has 5 heteroatoms. The highest BCUT2D eigenvalue weighted by Crippen LogP contribution is 2.17. The van der Waals surface area contributed by atoms with Crippen molar-refractivity contribution < 1.29 is 9.53 Å². The summed E-state index contributed by atoms with van der Waals surface area (Å²) < 4.78 is 6.68. The minimum Gasteiger partial charge on any atom is -0.374 e. The first-order chi connectivity index (χ1) is 9.45. The molecule has 0 aliphatic carbocycles. The highest BCUT2D eigenvalue weighted by atomic mass is 79.9. The molecule has 1 aromatic carbocycles. The fraction of sp³-hybridized carbons (Fsp3) is 0.533. The first-order valence-electron chi connectivity index (χ1n) is 6.92. The normalized spacial score (nSPS) is 24.3. The second-order valence-corrected chi connectivity index (χ2v) is 6.29. The Kier molecular flexibility index (Phi) is 5.05. The van der Waals surface area contributed by atoms with Crippen LogP contribution in [0.15, 0.2) is 28.7 Å². The molecule has 110 valence electrons. The highest BCUT2D eigenvalue weighted by Gasteiger charge is 2.28. The van der Waals surface area contributed by atoms with Crippen LogP contribution in [0.4, 0.5) is 5.69 Å². The number of morpholine rings is 1. The highest BCUT2D eigenvalue weighted by molar-refractivity contribution is 9.10. The average Bonchev–Trinajstić information content (AvgIpc) is 2.39. The second kappa shape index (κ2) is 6.59. The lowest BCUT2D eigenvalue weighted by Gasteiger charge is -2.36. The molecule has 0 spiro atoms. The summed E-state index contributed by atoms with van der Waals surface area (Å²) in [5, 5.41) is 3.24. The Labute approximate surface area is 128 Å². The molecule has 0 aromatic heterocycles. The summed E-state index contributed by atoms with van der Waals surface area (Å²) in [6.07, 6.45) is 0.199. The second-order valence-electron chi connectivity index (χ2n) is 5.37. The van der Waals surface area contributed by atoms with E-state index in [4.69, 9.17) is 4.74 Å². The van der Waals surface area contributed by atoms with E-state index in [1.165, 1.54) is 0 Å². The van der Waals surface area contributed by atoms with Crippen molar-refractivity contribution in [3.05, 3.63) is 28.7 Å². The third-order valence-electron chi connectivity index (χ3n) is 3.33. The predicted molar refractivity (Wildman–Crippen MR) is 83.8 cm³/mol. The van der Waals surface area contributed by atoms with E-state index in [0.717, 1.165) is 10.2 Å². The van der Waals surface area contributed by atoms with Gasteiger partial charge in [-0.2, -0.15) is 0 Å². The first-order valence-corrected chi connectivity index (χ1v) is 7.71. The monoisotopic (exact) mass is 340 g/mol. The molecule has 1 heterocycles. The van der Waals surface area contributed by atoms with Gasteiger partial charge in [0, 0.05) is 23.2 Å². The van der Waals surface area contributed by atoms with Gasteiger partial charge in [-0.1, -0.05) is 15.9 Å². The summed E-state index contributed by atoms with van der Waals surface area (Å²) in [6.45, 7) is 7.23. The van der Waals surface area contributed by atoms with Gasteiger partial charge in [0.2, 0.25) is 5.91 Å². The molecule has 0 unspecified atom stereocenters. The van der Waals surface area contributed by atoms with Crippen LogP contribution in [-0.4, -0.2) is 42.1 Å². The zero-order valence-corrected chi connectivity index (χ0v) is 13.7. The molecule has 3 atom stereocenters. The van der Waals surface area contributed by atoms with Gasteiger partial charge in [0.1, 0.15) is 6.04 Å². The number of hydrogen-bond acceptors (Lipinski definition) is 3. The summed E-state index contributed by atoms with van der Waals surface area (Å²) in [6, 6.07) is 7.59. The van der Waals surface area contributed by atoms with Crippen LogP contribution in [0.2, 0.25) is 0 Å². The molecule has 1 aliphatic rings. The van der Waals surface area contributed by atoms with E-state index >= 15 is 0 Å². The molecule has 20 heavy (non-hydrogen) atoms. The topological polar surface area (TPSA) is 41.6 Å². The first kappa shape index (κ1) is 15.3. The van der Waals surface area contributed by atoms with Crippen LogP contribution in [0.5, 0.6) is 0 Å². The Morgan fingerprint density at radius 1 is 1.30 bits per heavy atom. The van der Waals surface area contributed by atoms with Gasteiger partial charge in [-0.25, -0.2) is 0 Å². The zero-order chi connectivity index (χ0) is 14.7. The minimum absolute atomic E-state index is 0.0996. The van der Waals surface area contributed by atoms with Gasteiger partial charge in [-0.05, 0) is 45.0 Å². The molecule has 2 rings (SSSR count). The number of carbonyl (C=O) groups excluding carboxylic acids is 1. The summed E-state index contributed by atoms with van der Waals surface area (Å²) in [5.41, 5.74) is 0.948. The smallest absolute Gasteiger partial charge is 0.244 e. The van der Waals surface area contributed by atoms with Gasteiger partial charge in [0.25, 0.3) is 0 Å². The van der Waals surface area contributed by atoms with E-state index in [1.807, 2.05) is 49.9 Å². The molecule has 0 bridgehead atoms. The lowest BCUT2D eigenvalue weighted by molar-refractivity contribution is -0.143. The van der Waals surface area contributed by atoms with Crippen LogP contribution in [0, 0.1) is 0 Å². The molecule has 1 aliphatic heterocycles. The summed E-state index contributed by atoms with van der Waals surface area (Å²) in [4.78, 5) is 14.3. The maximum Gasteiger partial charge on any atom is 0.244 e. The number of halogens is 1. The van der Waals surface area contributed by atoms with Crippen molar-refractivity contribution in [3.63, 3.8) is 0 Å². The Balaban J connectivity index is 1.96. The Bertz CT molecular complexity index is 453. The molecule has 0 radical (unpaired) electrons. The van der Waals surface area contributed by atoms with Crippen LogP contribution in [0.25, 0.3) is 0 Å². The van der Waals surface area contributed by atoms with Crippen molar-refractivity contribution in [1.82, 2.24) is 4.90 Å². The molecular formula is C15H21BrN2O2. The SMILES string of the molecule is C[C@@H]1CN(C(=O)[C@@H](C)Nc2ccc(Br)cc2)C[C@@H](C)O1. The van der Waals surface area contributed by atoms with Gasteiger partial charge in [0.05, 0.1) is 12.2 Å². The predicted octanol–water partition coefficient (Wildman–Crippen LogP) is 2.89. The Hall–Kier alpha value is -1.07. The number of nitrogens with zero attached hydrogens (tertiary/aromatic N) is 1. The van der Waals surface area contributed by atoms with E-state index < -0.39 is 0 Å². The van der Waals surface area contributed by atoms with Crippen molar-refractivity contribution >= 4 is 27.5 Å². The summed E-state index contributed by atoms with van der Waals surface area (Å²) in [5.74, 6) is 0.120. The van der Waals surface area contributed by atoms with Crippen LogP contribution >= 0.6 is 15.9 Å². The standard InChI is InChI=1S/C15H21BrN2O2/c1-10-8-18(9-11(2)20-10)15(19)12(3)17-14-6-4-13(16)5-7-14/h4-7,10-12,17H,8-9H2,1-3H3/t10-,11-,12-/m1/s1. The fourth-order valence-electron chi connectivity index (χ4n) is 2.49. The lowest BCUT2D eigenvalue weighted by Crippen LogP contribution is -2.52. The molecule has 1 aromatic rings. The van der Waals surface area contributed by atoms with Crippen molar-refractivity contribution in [3.8, 4) is 0 Å². The summed E-state index contributed by atoms with van der Waals surface area (Å²) >= 11 is 3.40. The van der Waals surface area contributed by atoms with Crippen molar-refractivity contribution in [2.24, 2.45) is 0 Å². The van der Waals surface area contributed by atoms with E-state index in [0.29, 0.717) is 13.1 Å². The van der Waals surface area contributed by atoms with Crippen LogP contribution in [-0.2, 0) is 9.53 Å². The maximum absolute atomic E-state index is 12.5. The molecular weight excluding hydrogens is 320 g/mol. The third kappa shape index (κ3) is 3.96. The Morgan fingerprint density at radius 3 is 2.40 bits per heavy atom. The summed E-state index contributed by atoms with van der Waals surface area (Å²) in [7, 11) is 0. The van der Waals surface area contributed by atoms with Gasteiger partial charge in [0.15, 0.2) is 0 Å². The molecule has 1 saturated heterocycles. The maximum atomic E-state index is 12.5. The molecule has 4 nitrogen and oxygen atoms in total. The number of anilines is 1. The number of benzene rings is 1. The van der Waals surface area contributed by atoms with Crippen LogP contribution < -0.4 is 5.32 Å². The number of carbonyl (C=O) groups is 1. The van der Waals surface area contributed by atoms with Crippen LogP contribution in [0.1, 0.15) is 20.8 Å².